The molecule has 1 unspecified atom stereocenters. The van der Waals surface area contributed by atoms with Crippen LogP contribution in [0.15, 0.2) is 18.2 Å². The Balaban J connectivity index is 2.00. The van der Waals surface area contributed by atoms with E-state index in [2.05, 4.69) is 11.0 Å². The molecule has 0 spiro atoms. The van der Waals surface area contributed by atoms with Crippen LogP contribution in [0.2, 0.25) is 5.02 Å². The Labute approximate surface area is 106 Å². The summed E-state index contributed by atoms with van der Waals surface area (Å²) in [7, 11) is 0. The number of halogens is 2. The number of hydrogen-bond donors (Lipinski definition) is 0. The minimum atomic E-state index is -0.385. The maximum absolute atomic E-state index is 13.0. The van der Waals surface area contributed by atoms with Crippen molar-refractivity contribution in [1.29, 1.82) is 5.26 Å². The second-order valence-corrected chi connectivity index (χ2v) is 4.86. The van der Waals surface area contributed by atoms with Gasteiger partial charge in [0.25, 0.3) is 0 Å². The molecule has 2 rings (SSSR count). The van der Waals surface area contributed by atoms with Gasteiger partial charge in [0, 0.05) is 13.1 Å². The predicted octanol–water partition coefficient (Wildman–Crippen LogP) is 3.21. The first-order valence-corrected chi connectivity index (χ1v) is 6.12. The molecular formula is C13H14ClFN2. The fourth-order valence-electron chi connectivity index (χ4n) is 2.20. The van der Waals surface area contributed by atoms with Crippen LogP contribution in [0.25, 0.3) is 0 Å². The third-order valence-corrected chi connectivity index (χ3v) is 3.37. The van der Waals surface area contributed by atoms with Gasteiger partial charge in [-0.1, -0.05) is 17.7 Å². The van der Waals surface area contributed by atoms with Gasteiger partial charge in [0.15, 0.2) is 0 Å². The standard InChI is InChI=1S/C13H14ClFN2/c14-12-6-10(3-4-13(12)15)8-17-5-1-2-11(7-16)9-17/h3-4,6,11H,1-2,5,8-9H2. The lowest BCUT2D eigenvalue weighted by atomic mass is 9.99. The number of hydrogen-bond acceptors (Lipinski definition) is 2. The minimum Gasteiger partial charge on any atom is -0.298 e. The van der Waals surface area contributed by atoms with Gasteiger partial charge in [-0.25, -0.2) is 4.39 Å². The highest BCUT2D eigenvalue weighted by Crippen LogP contribution is 2.20. The predicted molar refractivity (Wildman–Crippen MR) is 65.0 cm³/mol. The summed E-state index contributed by atoms with van der Waals surface area (Å²) in [6, 6.07) is 7.11. The molecule has 0 aliphatic carbocycles. The Bertz CT molecular complexity index is 442. The molecule has 0 saturated carbocycles. The van der Waals surface area contributed by atoms with Gasteiger partial charge < -0.3 is 0 Å². The molecule has 1 aliphatic heterocycles. The van der Waals surface area contributed by atoms with Crippen molar-refractivity contribution in [2.75, 3.05) is 13.1 Å². The summed E-state index contributed by atoms with van der Waals surface area (Å²) in [6.45, 7) is 2.52. The SMILES string of the molecule is N#CC1CCCN(Cc2ccc(F)c(Cl)c2)C1. The van der Waals surface area contributed by atoms with Gasteiger partial charge in [-0.3, -0.25) is 4.90 Å². The van der Waals surface area contributed by atoms with Gasteiger partial charge in [-0.05, 0) is 37.1 Å². The van der Waals surface area contributed by atoms with E-state index in [1.807, 2.05) is 0 Å². The zero-order valence-corrected chi connectivity index (χ0v) is 10.3. The Morgan fingerprint density at radius 1 is 1.53 bits per heavy atom. The second kappa shape index (κ2) is 5.48. The van der Waals surface area contributed by atoms with Gasteiger partial charge in [-0.15, -0.1) is 0 Å². The van der Waals surface area contributed by atoms with Crippen LogP contribution in [0.5, 0.6) is 0 Å². The van der Waals surface area contributed by atoms with E-state index >= 15 is 0 Å². The molecule has 17 heavy (non-hydrogen) atoms. The van der Waals surface area contributed by atoms with Crippen molar-refractivity contribution in [2.45, 2.75) is 19.4 Å². The van der Waals surface area contributed by atoms with E-state index in [0.717, 1.165) is 38.0 Å². The molecule has 0 radical (unpaired) electrons. The van der Waals surface area contributed by atoms with E-state index in [-0.39, 0.29) is 16.8 Å². The Hall–Kier alpha value is -1.11. The topological polar surface area (TPSA) is 27.0 Å². The molecular weight excluding hydrogens is 239 g/mol. The van der Waals surface area contributed by atoms with E-state index in [1.54, 1.807) is 12.1 Å². The lowest BCUT2D eigenvalue weighted by Crippen LogP contribution is -2.34. The highest BCUT2D eigenvalue weighted by molar-refractivity contribution is 6.30. The number of benzene rings is 1. The first-order valence-electron chi connectivity index (χ1n) is 5.75. The number of nitrogens with zero attached hydrogens (tertiary/aromatic N) is 2. The number of rotatable bonds is 2. The molecule has 4 heteroatoms. The van der Waals surface area contributed by atoms with E-state index in [9.17, 15) is 4.39 Å². The highest BCUT2D eigenvalue weighted by atomic mass is 35.5. The van der Waals surface area contributed by atoms with Gasteiger partial charge in [0.1, 0.15) is 5.82 Å². The van der Waals surface area contributed by atoms with Crippen molar-refractivity contribution < 1.29 is 4.39 Å². The lowest BCUT2D eigenvalue weighted by molar-refractivity contribution is 0.192. The largest absolute Gasteiger partial charge is 0.298 e. The summed E-state index contributed by atoms with van der Waals surface area (Å²) in [4.78, 5) is 2.22. The van der Waals surface area contributed by atoms with Crippen LogP contribution < -0.4 is 0 Å². The molecule has 0 aromatic heterocycles. The third kappa shape index (κ3) is 3.18. The molecule has 1 aliphatic rings. The highest BCUT2D eigenvalue weighted by Gasteiger charge is 2.19. The average Bonchev–Trinajstić information content (AvgIpc) is 2.34. The third-order valence-electron chi connectivity index (χ3n) is 3.08. The van der Waals surface area contributed by atoms with Crippen molar-refractivity contribution >= 4 is 11.6 Å². The molecule has 0 amide bonds. The van der Waals surface area contributed by atoms with Crippen molar-refractivity contribution in [3.8, 4) is 6.07 Å². The van der Waals surface area contributed by atoms with Crippen LogP contribution >= 0.6 is 11.6 Å². The molecule has 1 saturated heterocycles. The second-order valence-electron chi connectivity index (χ2n) is 4.45. The van der Waals surface area contributed by atoms with E-state index < -0.39 is 0 Å². The molecule has 90 valence electrons. The molecule has 1 heterocycles. The summed E-state index contributed by atoms with van der Waals surface area (Å²) in [5.74, 6) is -0.261. The molecule has 2 nitrogen and oxygen atoms in total. The van der Waals surface area contributed by atoms with Crippen LogP contribution in [0, 0.1) is 23.1 Å². The van der Waals surface area contributed by atoms with Gasteiger partial charge in [0.05, 0.1) is 17.0 Å². The van der Waals surface area contributed by atoms with Crippen molar-refractivity contribution in [2.24, 2.45) is 5.92 Å². The summed E-state index contributed by atoms with van der Waals surface area (Å²) in [5, 5.41) is 9.07. The molecule has 1 atom stereocenters. The summed E-state index contributed by atoms with van der Waals surface area (Å²) in [5.41, 5.74) is 0.995. The Morgan fingerprint density at radius 2 is 2.35 bits per heavy atom. The van der Waals surface area contributed by atoms with Crippen LogP contribution in [-0.2, 0) is 6.54 Å². The van der Waals surface area contributed by atoms with Crippen LogP contribution in [-0.4, -0.2) is 18.0 Å². The lowest BCUT2D eigenvalue weighted by Gasteiger charge is -2.29. The average molecular weight is 253 g/mol. The molecule has 1 fully saturated rings. The van der Waals surface area contributed by atoms with Crippen molar-refractivity contribution in [1.82, 2.24) is 4.90 Å². The Kier molecular flexibility index (Phi) is 3.98. The number of likely N-dealkylation sites (tertiary alicyclic amines) is 1. The zero-order chi connectivity index (χ0) is 12.3. The molecule has 0 bridgehead atoms. The molecule has 1 aromatic rings. The smallest absolute Gasteiger partial charge is 0.141 e. The van der Waals surface area contributed by atoms with Gasteiger partial charge >= 0.3 is 0 Å². The van der Waals surface area contributed by atoms with E-state index in [1.165, 1.54) is 6.07 Å². The summed E-state index contributed by atoms with van der Waals surface area (Å²) < 4.78 is 13.0. The summed E-state index contributed by atoms with van der Waals surface area (Å²) in [6.07, 6.45) is 2.03. The van der Waals surface area contributed by atoms with Crippen LogP contribution in [0.4, 0.5) is 4.39 Å². The quantitative estimate of drug-likeness (QED) is 0.808. The normalized spacial score (nSPS) is 21.1. The monoisotopic (exact) mass is 252 g/mol. The molecule has 0 N–H and O–H groups in total. The van der Waals surface area contributed by atoms with Gasteiger partial charge in [-0.2, -0.15) is 5.26 Å². The minimum absolute atomic E-state index is 0.125. The van der Waals surface area contributed by atoms with Gasteiger partial charge in [0.2, 0.25) is 0 Å². The van der Waals surface area contributed by atoms with Crippen LogP contribution in [0.3, 0.4) is 0 Å². The Morgan fingerprint density at radius 3 is 3.06 bits per heavy atom. The fraction of sp³-hybridized carbons (Fsp3) is 0.462. The van der Waals surface area contributed by atoms with E-state index in [0.29, 0.717) is 0 Å². The first kappa shape index (κ1) is 12.3. The number of nitriles is 1. The summed E-state index contributed by atoms with van der Waals surface area (Å²) >= 11 is 5.74. The molecule has 1 aromatic carbocycles. The first-order chi connectivity index (χ1) is 8.19. The zero-order valence-electron chi connectivity index (χ0n) is 9.50. The number of piperidine rings is 1. The maximum Gasteiger partial charge on any atom is 0.141 e. The van der Waals surface area contributed by atoms with Crippen molar-refractivity contribution in [3.05, 3.63) is 34.6 Å². The van der Waals surface area contributed by atoms with Crippen molar-refractivity contribution in [3.63, 3.8) is 0 Å². The van der Waals surface area contributed by atoms with E-state index in [4.69, 9.17) is 16.9 Å². The van der Waals surface area contributed by atoms with Crippen LogP contribution in [0.1, 0.15) is 18.4 Å². The maximum atomic E-state index is 13.0. The fourth-order valence-corrected chi connectivity index (χ4v) is 2.40.